The van der Waals surface area contributed by atoms with Gasteiger partial charge in [0.1, 0.15) is 5.76 Å². The maximum Gasteiger partial charge on any atom is 0.234 e. The third kappa shape index (κ3) is 3.85. The van der Waals surface area contributed by atoms with Crippen molar-refractivity contribution in [2.75, 3.05) is 19.6 Å². The fraction of sp³-hybridized carbons (Fsp3) is 0.500. The molecule has 0 atom stereocenters. The average molecular weight is 315 g/mol. The van der Waals surface area contributed by atoms with Gasteiger partial charge in [-0.15, -0.1) is 0 Å². The molecule has 2 aromatic rings. The minimum absolute atomic E-state index is 0.0631. The van der Waals surface area contributed by atoms with Crippen molar-refractivity contribution in [1.82, 2.24) is 14.8 Å². The van der Waals surface area contributed by atoms with E-state index in [0.717, 1.165) is 31.7 Å². The van der Waals surface area contributed by atoms with Crippen LogP contribution in [0.1, 0.15) is 36.0 Å². The molecule has 0 unspecified atom stereocenters. The number of amides is 1. The quantitative estimate of drug-likeness (QED) is 0.923. The molecule has 1 fully saturated rings. The van der Waals surface area contributed by atoms with Crippen LogP contribution in [-0.2, 0) is 11.3 Å². The Hall–Kier alpha value is -2.01. The molecular weight excluding hydrogens is 290 g/mol. The van der Waals surface area contributed by atoms with Crippen molar-refractivity contribution >= 4 is 5.91 Å². The molecule has 3 rings (SSSR count). The van der Waals surface area contributed by atoms with Crippen molar-refractivity contribution in [3.05, 3.63) is 47.7 Å². The maximum absolute atomic E-state index is 12.0. The summed E-state index contributed by atoms with van der Waals surface area (Å²) in [5.74, 6) is 0.851. The number of hydrogen-bond acceptors (Lipinski definition) is 3. The fourth-order valence-electron chi connectivity index (χ4n) is 3.45. The summed E-state index contributed by atoms with van der Waals surface area (Å²) in [5.41, 5.74) is 2.66. The Morgan fingerprint density at radius 1 is 1.22 bits per heavy atom. The van der Waals surface area contributed by atoms with Gasteiger partial charge in [-0.3, -0.25) is 9.69 Å². The zero-order valence-electron chi connectivity index (χ0n) is 13.9. The van der Waals surface area contributed by atoms with Crippen LogP contribution in [0.5, 0.6) is 0 Å². The Morgan fingerprint density at radius 2 is 1.91 bits per heavy atom. The molecule has 0 radical (unpaired) electrons. The van der Waals surface area contributed by atoms with Crippen LogP contribution >= 0.6 is 0 Å². The normalized spacial score (nSPS) is 16.6. The minimum Gasteiger partial charge on any atom is -0.467 e. The lowest BCUT2D eigenvalue weighted by molar-refractivity contribution is -0.122. The summed E-state index contributed by atoms with van der Waals surface area (Å²) in [7, 11) is 0. The molecule has 1 saturated heterocycles. The molecule has 5 nitrogen and oxygen atoms in total. The van der Waals surface area contributed by atoms with E-state index < -0.39 is 0 Å². The number of likely N-dealkylation sites (tertiary alicyclic amines) is 1. The predicted molar refractivity (Wildman–Crippen MR) is 89.2 cm³/mol. The van der Waals surface area contributed by atoms with E-state index in [1.807, 2.05) is 12.1 Å². The highest BCUT2D eigenvalue weighted by molar-refractivity contribution is 5.77. The van der Waals surface area contributed by atoms with Gasteiger partial charge in [0.2, 0.25) is 5.91 Å². The SMILES string of the molecule is Cc1ccc(C)n1C1CCN(CC(=O)NCc2ccco2)CC1. The molecule has 0 bridgehead atoms. The van der Waals surface area contributed by atoms with E-state index in [1.54, 1.807) is 6.26 Å². The Bertz CT molecular complexity index is 618. The number of carbonyl (C=O) groups is 1. The molecule has 0 saturated carbocycles. The molecule has 1 aliphatic rings. The van der Waals surface area contributed by atoms with Gasteiger partial charge in [0.05, 0.1) is 19.4 Å². The van der Waals surface area contributed by atoms with Gasteiger partial charge in [0, 0.05) is 30.5 Å². The summed E-state index contributed by atoms with van der Waals surface area (Å²) in [6.07, 6.45) is 3.82. The number of aromatic nitrogens is 1. The second-order valence-electron chi connectivity index (χ2n) is 6.35. The molecule has 124 valence electrons. The van der Waals surface area contributed by atoms with Crippen LogP contribution < -0.4 is 5.32 Å². The molecule has 1 N–H and O–H groups in total. The number of hydrogen-bond donors (Lipinski definition) is 1. The Kier molecular flexibility index (Phi) is 4.86. The monoisotopic (exact) mass is 315 g/mol. The topological polar surface area (TPSA) is 50.4 Å². The Balaban J connectivity index is 1.45. The van der Waals surface area contributed by atoms with Gasteiger partial charge < -0.3 is 14.3 Å². The summed E-state index contributed by atoms with van der Waals surface area (Å²) in [4.78, 5) is 14.3. The molecule has 1 amide bonds. The van der Waals surface area contributed by atoms with Crippen LogP contribution in [0.2, 0.25) is 0 Å². The van der Waals surface area contributed by atoms with Crippen molar-refractivity contribution in [2.24, 2.45) is 0 Å². The fourth-order valence-corrected chi connectivity index (χ4v) is 3.45. The minimum atomic E-state index is 0.0631. The van der Waals surface area contributed by atoms with Gasteiger partial charge in [0.25, 0.3) is 0 Å². The highest BCUT2D eigenvalue weighted by Crippen LogP contribution is 2.26. The summed E-state index contributed by atoms with van der Waals surface area (Å²) in [6, 6.07) is 8.63. The summed E-state index contributed by atoms with van der Waals surface area (Å²) >= 11 is 0. The lowest BCUT2D eigenvalue weighted by Gasteiger charge is -2.33. The first-order valence-corrected chi connectivity index (χ1v) is 8.29. The van der Waals surface area contributed by atoms with Crippen LogP contribution in [0.25, 0.3) is 0 Å². The van der Waals surface area contributed by atoms with E-state index in [0.29, 0.717) is 19.1 Å². The molecule has 2 aromatic heterocycles. The second-order valence-corrected chi connectivity index (χ2v) is 6.35. The van der Waals surface area contributed by atoms with E-state index in [9.17, 15) is 4.79 Å². The maximum atomic E-state index is 12.0. The molecule has 0 spiro atoms. The third-order valence-electron chi connectivity index (χ3n) is 4.66. The average Bonchev–Trinajstić information content (AvgIpc) is 3.17. The summed E-state index contributed by atoms with van der Waals surface area (Å²) in [6.45, 7) is 7.20. The first-order valence-electron chi connectivity index (χ1n) is 8.29. The van der Waals surface area contributed by atoms with Crippen molar-refractivity contribution in [3.8, 4) is 0 Å². The largest absolute Gasteiger partial charge is 0.467 e. The molecule has 5 heteroatoms. The van der Waals surface area contributed by atoms with Crippen LogP contribution in [0, 0.1) is 13.8 Å². The third-order valence-corrected chi connectivity index (χ3v) is 4.66. The van der Waals surface area contributed by atoms with E-state index in [4.69, 9.17) is 4.42 Å². The van der Waals surface area contributed by atoms with Crippen molar-refractivity contribution in [1.29, 1.82) is 0 Å². The van der Waals surface area contributed by atoms with Gasteiger partial charge >= 0.3 is 0 Å². The van der Waals surface area contributed by atoms with E-state index in [1.165, 1.54) is 11.4 Å². The lowest BCUT2D eigenvalue weighted by Crippen LogP contribution is -2.41. The number of carbonyl (C=O) groups excluding carboxylic acids is 1. The standard InChI is InChI=1S/C18H25N3O2/c1-14-5-6-15(2)21(14)16-7-9-20(10-8-16)13-18(22)19-12-17-4-3-11-23-17/h3-6,11,16H,7-10,12-13H2,1-2H3,(H,19,22). The van der Waals surface area contributed by atoms with E-state index >= 15 is 0 Å². The zero-order chi connectivity index (χ0) is 16.2. The summed E-state index contributed by atoms with van der Waals surface area (Å²) in [5, 5.41) is 2.91. The number of aryl methyl sites for hydroxylation is 2. The van der Waals surface area contributed by atoms with Crippen molar-refractivity contribution < 1.29 is 9.21 Å². The van der Waals surface area contributed by atoms with Gasteiger partial charge in [-0.25, -0.2) is 0 Å². The molecule has 1 aliphatic heterocycles. The smallest absolute Gasteiger partial charge is 0.234 e. The number of nitrogens with one attached hydrogen (secondary N) is 1. The second kappa shape index (κ2) is 7.04. The van der Waals surface area contributed by atoms with E-state index in [-0.39, 0.29) is 5.91 Å². The highest BCUT2D eigenvalue weighted by Gasteiger charge is 2.23. The molecule has 23 heavy (non-hydrogen) atoms. The number of nitrogens with zero attached hydrogens (tertiary/aromatic N) is 2. The summed E-state index contributed by atoms with van der Waals surface area (Å²) < 4.78 is 7.66. The zero-order valence-corrected chi connectivity index (χ0v) is 13.9. The molecular formula is C18H25N3O2. The molecule has 0 aromatic carbocycles. The van der Waals surface area contributed by atoms with Crippen LogP contribution in [0.4, 0.5) is 0 Å². The van der Waals surface area contributed by atoms with E-state index in [2.05, 4.69) is 40.8 Å². The van der Waals surface area contributed by atoms with Crippen LogP contribution in [0.15, 0.2) is 34.9 Å². The molecule has 0 aliphatic carbocycles. The Labute approximate surface area is 137 Å². The Morgan fingerprint density at radius 3 is 2.52 bits per heavy atom. The number of piperidine rings is 1. The predicted octanol–water partition coefficient (Wildman–Crippen LogP) is 2.65. The van der Waals surface area contributed by atoms with Gasteiger partial charge in [0.15, 0.2) is 0 Å². The van der Waals surface area contributed by atoms with Crippen molar-refractivity contribution in [2.45, 2.75) is 39.3 Å². The van der Waals surface area contributed by atoms with Gasteiger partial charge in [-0.2, -0.15) is 0 Å². The van der Waals surface area contributed by atoms with Gasteiger partial charge in [-0.05, 0) is 51.0 Å². The number of furan rings is 1. The lowest BCUT2D eigenvalue weighted by atomic mass is 10.0. The first kappa shape index (κ1) is 15.9. The highest BCUT2D eigenvalue weighted by atomic mass is 16.3. The molecule has 3 heterocycles. The first-order chi connectivity index (χ1) is 11.1. The van der Waals surface area contributed by atoms with Crippen molar-refractivity contribution in [3.63, 3.8) is 0 Å². The van der Waals surface area contributed by atoms with Crippen LogP contribution in [0.3, 0.4) is 0 Å². The van der Waals surface area contributed by atoms with Crippen LogP contribution in [-0.4, -0.2) is 35.0 Å². The van der Waals surface area contributed by atoms with Gasteiger partial charge in [-0.1, -0.05) is 0 Å². The number of rotatable bonds is 5.